The molecule has 1 fully saturated rings. The number of ether oxygens (including phenoxy) is 3. The monoisotopic (exact) mass is 375 g/mol. The van der Waals surface area contributed by atoms with E-state index in [0.29, 0.717) is 26.3 Å². The summed E-state index contributed by atoms with van der Waals surface area (Å²) in [4.78, 5) is 2.15. The zero-order valence-electron chi connectivity index (χ0n) is 15.5. The molecule has 2 aromatic rings. The fraction of sp³-hybridized carbons (Fsp3) is 0.429. The summed E-state index contributed by atoms with van der Waals surface area (Å²) in [6.45, 7) is 3.20. The molecule has 146 valence electrons. The van der Waals surface area contributed by atoms with E-state index >= 15 is 0 Å². The Morgan fingerprint density at radius 2 is 2.07 bits per heavy atom. The summed E-state index contributed by atoms with van der Waals surface area (Å²) in [6.07, 6.45) is -0.688. The van der Waals surface area contributed by atoms with Gasteiger partial charge in [0, 0.05) is 19.6 Å². The first-order valence-corrected chi connectivity index (χ1v) is 9.12. The molecule has 0 bridgehead atoms. The van der Waals surface area contributed by atoms with Crippen LogP contribution in [0.4, 0.5) is 4.39 Å². The number of halogens is 1. The van der Waals surface area contributed by atoms with Crippen LogP contribution in [0.15, 0.2) is 48.5 Å². The topological polar surface area (TPSA) is 51.2 Å². The number of hydrogen-bond donors (Lipinski definition) is 1. The maximum absolute atomic E-state index is 13.1. The van der Waals surface area contributed by atoms with Gasteiger partial charge < -0.3 is 19.3 Å². The molecule has 2 aromatic carbocycles. The first-order chi connectivity index (χ1) is 13.1. The maximum Gasteiger partial charge on any atom is 0.123 e. The minimum Gasteiger partial charge on any atom is -0.497 e. The molecule has 3 rings (SSSR count). The van der Waals surface area contributed by atoms with Gasteiger partial charge in [-0.25, -0.2) is 4.39 Å². The van der Waals surface area contributed by atoms with Crippen molar-refractivity contribution in [2.24, 2.45) is 0 Å². The molecule has 0 saturated carbocycles. The van der Waals surface area contributed by atoms with Crippen molar-refractivity contribution in [2.75, 3.05) is 40.0 Å². The van der Waals surface area contributed by atoms with Crippen molar-refractivity contribution < 1.29 is 23.7 Å². The van der Waals surface area contributed by atoms with Gasteiger partial charge in [-0.2, -0.15) is 0 Å². The number of nitrogens with zero attached hydrogens (tertiary/aromatic N) is 1. The number of aliphatic hydroxyl groups is 1. The number of β-amino-alcohol motifs (C(OH)–C–C–N with tert-alkyl or cyclic N) is 1. The number of methoxy groups -OCH3 is 1. The van der Waals surface area contributed by atoms with Crippen LogP contribution in [0, 0.1) is 5.82 Å². The molecule has 2 atom stereocenters. The average molecular weight is 375 g/mol. The molecular weight excluding hydrogens is 349 g/mol. The summed E-state index contributed by atoms with van der Waals surface area (Å²) < 4.78 is 29.7. The number of hydrogen-bond acceptors (Lipinski definition) is 5. The Kier molecular flexibility index (Phi) is 7.18. The summed E-state index contributed by atoms with van der Waals surface area (Å²) in [5.41, 5.74) is 1.95. The predicted octanol–water partition coefficient (Wildman–Crippen LogP) is 2.79. The summed E-state index contributed by atoms with van der Waals surface area (Å²) >= 11 is 0. The Morgan fingerprint density at radius 1 is 1.26 bits per heavy atom. The van der Waals surface area contributed by atoms with E-state index in [1.54, 1.807) is 19.2 Å². The van der Waals surface area contributed by atoms with Crippen LogP contribution < -0.4 is 4.74 Å². The van der Waals surface area contributed by atoms with Crippen molar-refractivity contribution in [1.29, 1.82) is 0 Å². The first kappa shape index (κ1) is 19.8. The number of aliphatic hydroxyl groups excluding tert-OH is 1. The lowest BCUT2D eigenvalue weighted by molar-refractivity contribution is -0.0536. The summed E-state index contributed by atoms with van der Waals surface area (Å²) in [5.74, 6) is 0.534. The Hall–Kier alpha value is -1.99. The summed E-state index contributed by atoms with van der Waals surface area (Å²) in [7, 11) is 1.63. The first-order valence-electron chi connectivity index (χ1n) is 9.12. The zero-order valence-corrected chi connectivity index (χ0v) is 15.5. The highest BCUT2D eigenvalue weighted by Crippen LogP contribution is 2.22. The minimum atomic E-state index is -0.581. The van der Waals surface area contributed by atoms with Crippen LogP contribution >= 0.6 is 0 Å². The highest BCUT2D eigenvalue weighted by atomic mass is 19.1. The van der Waals surface area contributed by atoms with Crippen molar-refractivity contribution >= 4 is 0 Å². The second kappa shape index (κ2) is 9.80. The largest absolute Gasteiger partial charge is 0.497 e. The van der Waals surface area contributed by atoms with Crippen LogP contribution in [0.25, 0.3) is 0 Å². The van der Waals surface area contributed by atoms with Crippen LogP contribution in [0.5, 0.6) is 5.75 Å². The van der Waals surface area contributed by atoms with E-state index in [9.17, 15) is 9.50 Å². The molecule has 1 aliphatic heterocycles. The molecule has 0 unspecified atom stereocenters. The van der Waals surface area contributed by atoms with Crippen molar-refractivity contribution in [3.05, 3.63) is 65.5 Å². The van der Waals surface area contributed by atoms with Gasteiger partial charge in [-0.05, 0) is 35.4 Å². The number of benzene rings is 2. The van der Waals surface area contributed by atoms with E-state index in [4.69, 9.17) is 14.2 Å². The van der Waals surface area contributed by atoms with E-state index in [-0.39, 0.29) is 18.5 Å². The molecule has 1 heterocycles. The van der Waals surface area contributed by atoms with Crippen LogP contribution in [0.2, 0.25) is 0 Å². The van der Waals surface area contributed by atoms with Gasteiger partial charge in [-0.15, -0.1) is 0 Å². The summed E-state index contributed by atoms with van der Waals surface area (Å²) in [6, 6.07) is 14.1. The standard InChI is InChI=1S/C21H26FNO4/c1-25-20-4-2-3-16(11-20)14-26-15-19(24)12-23-9-10-27-21(13-23)17-5-7-18(22)8-6-17/h2-8,11,19,21,24H,9-10,12-15H2,1H3/t19-,21-/m1/s1. The molecule has 1 aliphatic rings. The molecule has 0 aromatic heterocycles. The van der Waals surface area contributed by atoms with Crippen LogP contribution in [0.1, 0.15) is 17.2 Å². The molecule has 27 heavy (non-hydrogen) atoms. The van der Waals surface area contributed by atoms with Gasteiger partial charge in [0.2, 0.25) is 0 Å². The van der Waals surface area contributed by atoms with Gasteiger partial charge in [-0.3, -0.25) is 4.90 Å². The van der Waals surface area contributed by atoms with E-state index in [1.165, 1.54) is 12.1 Å². The highest BCUT2D eigenvalue weighted by Gasteiger charge is 2.23. The van der Waals surface area contributed by atoms with E-state index < -0.39 is 6.10 Å². The van der Waals surface area contributed by atoms with Crippen molar-refractivity contribution in [3.8, 4) is 5.75 Å². The van der Waals surface area contributed by atoms with Gasteiger partial charge in [0.15, 0.2) is 0 Å². The number of morpholine rings is 1. The van der Waals surface area contributed by atoms with Gasteiger partial charge in [0.05, 0.1) is 39.1 Å². The third kappa shape index (κ3) is 6.01. The molecule has 5 nitrogen and oxygen atoms in total. The van der Waals surface area contributed by atoms with Crippen LogP contribution in [-0.4, -0.2) is 56.1 Å². The highest BCUT2D eigenvalue weighted by molar-refractivity contribution is 5.27. The van der Waals surface area contributed by atoms with Gasteiger partial charge >= 0.3 is 0 Å². The fourth-order valence-electron chi connectivity index (χ4n) is 3.17. The van der Waals surface area contributed by atoms with Crippen molar-refractivity contribution in [2.45, 2.75) is 18.8 Å². The van der Waals surface area contributed by atoms with Crippen molar-refractivity contribution in [3.63, 3.8) is 0 Å². The Balaban J connectivity index is 1.43. The zero-order chi connectivity index (χ0) is 19.1. The van der Waals surface area contributed by atoms with Gasteiger partial charge in [0.25, 0.3) is 0 Å². The Morgan fingerprint density at radius 3 is 2.85 bits per heavy atom. The maximum atomic E-state index is 13.1. The smallest absolute Gasteiger partial charge is 0.123 e. The fourth-order valence-corrected chi connectivity index (χ4v) is 3.17. The predicted molar refractivity (Wildman–Crippen MR) is 100 cm³/mol. The molecule has 0 amide bonds. The van der Waals surface area contributed by atoms with E-state index in [0.717, 1.165) is 23.4 Å². The molecule has 0 spiro atoms. The van der Waals surface area contributed by atoms with Gasteiger partial charge in [0.1, 0.15) is 11.6 Å². The molecule has 1 saturated heterocycles. The van der Waals surface area contributed by atoms with Gasteiger partial charge in [-0.1, -0.05) is 24.3 Å². The number of rotatable bonds is 8. The van der Waals surface area contributed by atoms with E-state index in [1.807, 2.05) is 24.3 Å². The lowest BCUT2D eigenvalue weighted by atomic mass is 10.1. The summed E-state index contributed by atoms with van der Waals surface area (Å²) in [5, 5.41) is 10.3. The van der Waals surface area contributed by atoms with Crippen LogP contribution in [-0.2, 0) is 16.1 Å². The third-order valence-corrected chi connectivity index (χ3v) is 4.57. The van der Waals surface area contributed by atoms with Crippen molar-refractivity contribution in [1.82, 2.24) is 4.90 Å². The minimum absolute atomic E-state index is 0.107. The normalized spacial score (nSPS) is 19.0. The second-order valence-electron chi connectivity index (χ2n) is 6.69. The quantitative estimate of drug-likeness (QED) is 0.769. The molecule has 0 radical (unpaired) electrons. The lowest BCUT2D eigenvalue weighted by Crippen LogP contribution is -2.43. The third-order valence-electron chi connectivity index (χ3n) is 4.57. The molecule has 0 aliphatic carbocycles. The van der Waals surface area contributed by atoms with E-state index in [2.05, 4.69) is 4.90 Å². The lowest BCUT2D eigenvalue weighted by Gasteiger charge is -2.34. The molecule has 6 heteroatoms. The SMILES string of the molecule is COc1cccc(COC[C@H](O)CN2CCO[C@@H](c3ccc(F)cc3)C2)c1. The van der Waals surface area contributed by atoms with Crippen LogP contribution in [0.3, 0.4) is 0 Å². The Bertz CT molecular complexity index is 710. The molecular formula is C21H26FNO4. The average Bonchev–Trinajstić information content (AvgIpc) is 2.69. The molecule has 1 N–H and O–H groups in total. The Labute approximate surface area is 159 Å². The second-order valence-corrected chi connectivity index (χ2v) is 6.69.